The first-order valence-electron chi connectivity index (χ1n) is 6.40. The summed E-state index contributed by atoms with van der Waals surface area (Å²) in [5, 5.41) is 3.29. The number of hydrogen-bond acceptors (Lipinski definition) is 3. The number of aromatic amines is 1. The minimum Gasteiger partial charge on any atom is -0.330 e. The van der Waals surface area contributed by atoms with Crippen LogP contribution in [0.25, 0.3) is 17.2 Å². The van der Waals surface area contributed by atoms with Crippen LogP contribution in [-0.2, 0) is 6.42 Å². The van der Waals surface area contributed by atoms with Crippen LogP contribution < -0.4 is 5.73 Å². The molecule has 0 amide bonds. The molecule has 0 aliphatic heterocycles. The minimum absolute atomic E-state index is 0.605. The zero-order valence-electron chi connectivity index (χ0n) is 11.1. The summed E-state index contributed by atoms with van der Waals surface area (Å²) in [6, 6.07) is 8.27. The number of imidazole rings is 1. The fourth-order valence-corrected chi connectivity index (χ4v) is 2.24. The second kappa shape index (κ2) is 4.51. The van der Waals surface area contributed by atoms with E-state index in [0.29, 0.717) is 12.3 Å². The Hall–Kier alpha value is -2.14. The van der Waals surface area contributed by atoms with Crippen molar-refractivity contribution in [3.63, 3.8) is 0 Å². The van der Waals surface area contributed by atoms with E-state index in [-0.39, 0.29) is 0 Å². The molecule has 0 spiro atoms. The first-order valence-corrected chi connectivity index (χ1v) is 6.40. The van der Waals surface area contributed by atoms with Crippen LogP contribution in [0.3, 0.4) is 0 Å². The van der Waals surface area contributed by atoms with Crippen LogP contribution in [0.2, 0.25) is 0 Å². The first-order chi connectivity index (χ1) is 9.19. The largest absolute Gasteiger partial charge is 0.330 e. The minimum atomic E-state index is 0.605. The van der Waals surface area contributed by atoms with E-state index in [9.17, 15) is 0 Å². The summed E-state index contributed by atoms with van der Waals surface area (Å²) in [7, 11) is 0. The van der Waals surface area contributed by atoms with Gasteiger partial charge in [-0.25, -0.2) is 9.50 Å². The van der Waals surface area contributed by atoms with Crippen LogP contribution in [-0.4, -0.2) is 26.1 Å². The highest BCUT2D eigenvalue weighted by atomic mass is 15.3. The molecule has 19 heavy (non-hydrogen) atoms. The van der Waals surface area contributed by atoms with Crippen molar-refractivity contribution in [2.45, 2.75) is 20.3 Å². The molecule has 0 aliphatic carbocycles. The third-order valence-electron chi connectivity index (χ3n) is 3.29. The van der Waals surface area contributed by atoms with Crippen LogP contribution in [0.1, 0.15) is 17.0 Å². The number of nitrogens with zero attached hydrogens (tertiary/aromatic N) is 3. The lowest BCUT2D eigenvalue weighted by atomic mass is 10.1. The van der Waals surface area contributed by atoms with Crippen LogP contribution in [0, 0.1) is 13.8 Å². The third kappa shape index (κ3) is 2.02. The Labute approximate surface area is 111 Å². The van der Waals surface area contributed by atoms with Gasteiger partial charge in [-0.3, -0.25) is 5.10 Å². The summed E-state index contributed by atoms with van der Waals surface area (Å²) in [6.45, 7) is 4.66. The molecule has 1 aromatic carbocycles. The Morgan fingerprint density at radius 3 is 2.58 bits per heavy atom. The van der Waals surface area contributed by atoms with Crippen molar-refractivity contribution in [3.8, 4) is 11.4 Å². The molecule has 0 radical (unpaired) electrons. The molecule has 3 N–H and O–H groups in total. The van der Waals surface area contributed by atoms with Crippen molar-refractivity contribution < 1.29 is 0 Å². The number of H-pyrrole nitrogens is 1. The van der Waals surface area contributed by atoms with E-state index in [4.69, 9.17) is 5.73 Å². The zero-order valence-corrected chi connectivity index (χ0v) is 11.1. The molecule has 0 unspecified atom stereocenters. The van der Waals surface area contributed by atoms with E-state index in [1.807, 2.05) is 11.4 Å². The van der Waals surface area contributed by atoms with E-state index < -0.39 is 0 Å². The SMILES string of the molecule is Cc1ccc(-c2nc3nc(C)c(CCN)n3[nH]2)cc1. The van der Waals surface area contributed by atoms with Crippen molar-refractivity contribution in [3.05, 3.63) is 41.2 Å². The number of aromatic nitrogens is 4. The predicted octanol–water partition coefficient (Wildman–Crippen LogP) is 1.84. The second-order valence-corrected chi connectivity index (χ2v) is 4.76. The summed E-state index contributed by atoms with van der Waals surface area (Å²) >= 11 is 0. The van der Waals surface area contributed by atoms with Crippen molar-refractivity contribution >= 4 is 5.78 Å². The number of nitrogens with one attached hydrogen (secondary N) is 1. The highest BCUT2D eigenvalue weighted by Gasteiger charge is 2.13. The van der Waals surface area contributed by atoms with Gasteiger partial charge in [0.2, 0.25) is 0 Å². The fourth-order valence-electron chi connectivity index (χ4n) is 2.24. The van der Waals surface area contributed by atoms with E-state index in [2.05, 4.69) is 46.3 Å². The topological polar surface area (TPSA) is 72.0 Å². The Morgan fingerprint density at radius 2 is 1.89 bits per heavy atom. The van der Waals surface area contributed by atoms with E-state index in [1.54, 1.807) is 0 Å². The molecule has 2 heterocycles. The van der Waals surface area contributed by atoms with Crippen LogP contribution in [0.4, 0.5) is 0 Å². The molecule has 5 heteroatoms. The molecule has 0 atom stereocenters. The molecule has 98 valence electrons. The monoisotopic (exact) mass is 255 g/mol. The lowest BCUT2D eigenvalue weighted by Crippen LogP contribution is -2.06. The summed E-state index contributed by atoms with van der Waals surface area (Å²) in [5.41, 5.74) is 10.0. The van der Waals surface area contributed by atoms with E-state index in [0.717, 1.165) is 29.2 Å². The van der Waals surface area contributed by atoms with Crippen LogP contribution in [0.5, 0.6) is 0 Å². The summed E-state index contributed by atoms with van der Waals surface area (Å²) < 4.78 is 1.93. The number of nitrogens with two attached hydrogens (primary N) is 1. The quantitative estimate of drug-likeness (QED) is 0.750. The first kappa shape index (κ1) is 11.9. The number of rotatable bonds is 3. The Morgan fingerprint density at radius 1 is 1.16 bits per heavy atom. The third-order valence-corrected chi connectivity index (χ3v) is 3.29. The highest BCUT2D eigenvalue weighted by Crippen LogP contribution is 2.18. The van der Waals surface area contributed by atoms with Crippen molar-refractivity contribution in [1.82, 2.24) is 19.6 Å². The van der Waals surface area contributed by atoms with Crippen LogP contribution in [0.15, 0.2) is 24.3 Å². The van der Waals surface area contributed by atoms with E-state index >= 15 is 0 Å². The highest BCUT2D eigenvalue weighted by molar-refractivity contribution is 5.57. The molecule has 0 saturated carbocycles. The Kier molecular flexibility index (Phi) is 2.83. The Balaban J connectivity index is 2.09. The average molecular weight is 255 g/mol. The maximum Gasteiger partial charge on any atom is 0.251 e. The Bertz CT molecular complexity index is 705. The van der Waals surface area contributed by atoms with Gasteiger partial charge >= 0.3 is 0 Å². The van der Waals surface area contributed by atoms with E-state index in [1.165, 1.54) is 5.56 Å². The number of fused-ring (bicyclic) bond motifs is 1. The lowest BCUT2D eigenvalue weighted by Gasteiger charge is -1.99. The van der Waals surface area contributed by atoms with Gasteiger partial charge in [-0.05, 0) is 20.4 Å². The van der Waals surface area contributed by atoms with Gasteiger partial charge in [0.05, 0.1) is 11.4 Å². The van der Waals surface area contributed by atoms with Gasteiger partial charge in [0, 0.05) is 12.0 Å². The lowest BCUT2D eigenvalue weighted by molar-refractivity contribution is 0.835. The maximum absolute atomic E-state index is 5.64. The van der Waals surface area contributed by atoms with Gasteiger partial charge in [-0.15, -0.1) is 0 Å². The van der Waals surface area contributed by atoms with Crippen LogP contribution >= 0.6 is 0 Å². The van der Waals surface area contributed by atoms with Gasteiger partial charge < -0.3 is 5.73 Å². The van der Waals surface area contributed by atoms with Gasteiger partial charge in [0.25, 0.3) is 5.78 Å². The van der Waals surface area contributed by atoms with Gasteiger partial charge in [-0.2, -0.15) is 4.98 Å². The smallest absolute Gasteiger partial charge is 0.251 e. The summed E-state index contributed by atoms with van der Waals surface area (Å²) in [5.74, 6) is 1.54. The molecule has 3 rings (SSSR count). The molecular formula is C14H17N5. The average Bonchev–Trinajstić information content (AvgIpc) is 2.91. The fraction of sp³-hybridized carbons (Fsp3) is 0.286. The number of aryl methyl sites for hydroxylation is 2. The predicted molar refractivity (Wildman–Crippen MR) is 75.0 cm³/mol. The van der Waals surface area contributed by atoms with Gasteiger partial charge in [0.1, 0.15) is 0 Å². The molecule has 0 aliphatic rings. The second-order valence-electron chi connectivity index (χ2n) is 4.76. The molecule has 5 nitrogen and oxygen atoms in total. The number of benzene rings is 1. The normalized spacial score (nSPS) is 11.3. The van der Waals surface area contributed by atoms with Crippen molar-refractivity contribution in [2.75, 3.05) is 6.54 Å². The van der Waals surface area contributed by atoms with Gasteiger partial charge in [0.15, 0.2) is 5.82 Å². The molecule has 2 aromatic heterocycles. The molecule has 0 bridgehead atoms. The number of hydrogen-bond donors (Lipinski definition) is 2. The zero-order chi connectivity index (χ0) is 13.4. The van der Waals surface area contributed by atoms with Crippen molar-refractivity contribution in [1.29, 1.82) is 0 Å². The van der Waals surface area contributed by atoms with Gasteiger partial charge in [-0.1, -0.05) is 29.8 Å². The maximum atomic E-state index is 5.64. The standard InChI is InChI=1S/C14H17N5/c1-9-3-5-11(6-4-9)13-17-14-16-10(2)12(7-8-15)19(14)18-13/h3-6H,7-8,15H2,1-2H3,(H,16,17,18). The summed E-state index contributed by atoms with van der Waals surface area (Å²) in [6.07, 6.45) is 0.794. The molecular weight excluding hydrogens is 238 g/mol. The molecule has 0 saturated heterocycles. The summed E-state index contributed by atoms with van der Waals surface area (Å²) in [4.78, 5) is 8.99. The van der Waals surface area contributed by atoms with Crippen molar-refractivity contribution in [2.24, 2.45) is 5.73 Å². The molecule has 3 aromatic rings. The molecule has 0 fully saturated rings.